The van der Waals surface area contributed by atoms with E-state index in [4.69, 9.17) is 21.1 Å². The molecule has 2 saturated heterocycles. The van der Waals surface area contributed by atoms with Gasteiger partial charge in [0.2, 0.25) is 18.0 Å². The third-order valence-electron chi connectivity index (χ3n) is 12.8. The summed E-state index contributed by atoms with van der Waals surface area (Å²) in [4.78, 5) is 71.2. The Morgan fingerprint density at radius 1 is 0.675 bits per heavy atom. The monoisotopic (exact) mass is 1100 g/mol. The number of hydrazone groups is 1. The van der Waals surface area contributed by atoms with Crippen molar-refractivity contribution in [3.63, 3.8) is 0 Å². The van der Waals surface area contributed by atoms with Crippen LogP contribution in [0.3, 0.4) is 0 Å². The van der Waals surface area contributed by atoms with E-state index >= 15 is 0 Å². The van der Waals surface area contributed by atoms with Gasteiger partial charge in [0.15, 0.2) is 5.17 Å². The normalized spacial score (nSPS) is 13.3. The Morgan fingerprint density at radius 3 is 1.77 bits per heavy atom. The van der Waals surface area contributed by atoms with Crippen LogP contribution in [0.25, 0.3) is 11.0 Å². The van der Waals surface area contributed by atoms with E-state index in [1.54, 1.807) is 56.2 Å². The number of hydrogen-bond acceptors (Lipinski definition) is 10. The Balaban J connectivity index is 0.000000295. The molecular weight excluding hydrogens is 1020 g/mol. The van der Waals surface area contributed by atoms with Gasteiger partial charge < -0.3 is 48.8 Å². The summed E-state index contributed by atoms with van der Waals surface area (Å²) >= 11 is 7.94. The van der Waals surface area contributed by atoms with Crippen LogP contribution in [0.15, 0.2) is 75.9 Å². The Bertz CT molecular complexity index is 2620. The lowest BCUT2D eigenvalue weighted by Gasteiger charge is -2.20. The number of aliphatic imine (C=N–C) groups is 1. The standard InChI is InChI=1S/C31H44ClN5O3.C18H28N6O3.C6H10N2OS/c1-4-7-8-9-10-11-12-13-14-17-22-40-29(38)24-20-21-25(32)26(23-24)33-30(39)34-35-31-36(5-2)27-18-15-16-19-28(27)37(31)6-3;1-6-23-10-11-24(7-2)18(23)21-20-17(26)19-14-12-13(16(25)22(3)4)8-9-15(14)27-5;1-2-8-3-4-10-6(8)7-5-9/h15-16,18-21,23H,4-14,17,22H2,1-3H3,(H2,33,34,39);8-9,12H,6-7,10-11H2,1-5H3,(H2,19,20,26);5H,2-4H2,1H3. The summed E-state index contributed by atoms with van der Waals surface area (Å²) in [5, 5.41) is 15.2. The lowest BCUT2D eigenvalue weighted by molar-refractivity contribution is -0.106. The first kappa shape index (κ1) is 62.8. The zero-order valence-electron chi connectivity index (χ0n) is 46.7. The van der Waals surface area contributed by atoms with Crippen LogP contribution in [0.5, 0.6) is 5.75 Å². The minimum absolute atomic E-state index is 0.163. The Labute approximate surface area is 464 Å². The molecule has 422 valence electrons. The predicted molar refractivity (Wildman–Crippen MR) is 311 cm³/mol. The van der Waals surface area contributed by atoms with Crippen molar-refractivity contribution in [2.24, 2.45) is 15.2 Å². The molecule has 22 heteroatoms. The van der Waals surface area contributed by atoms with Crippen molar-refractivity contribution in [1.82, 2.24) is 39.6 Å². The summed E-state index contributed by atoms with van der Waals surface area (Å²) in [6.07, 6.45) is 12.8. The summed E-state index contributed by atoms with van der Waals surface area (Å²) in [5.41, 5.74) is 9.30. The first-order valence-electron chi connectivity index (χ1n) is 27.0. The van der Waals surface area contributed by atoms with Crippen LogP contribution in [-0.2, 0) is 22.6 Å². The molecule has 0 spiro atoms. The van der Waals surface area contributed by atoms with Crippen molar-refractivity contribution in [3.05, 3.63) is 82.4 Å². The summed E-state index contributed by atoms with van der Waals surface area (Å²) in [7, 11) is 4.84. The zero-order valence-corrected chi connectivity index (χ0v) is 48.2. The number of rotatable bonds is 24. The van der Waals surface area contributed by atoms with Crippen LogP contribution >= 0.6 is 23.4 Å². The number of carbonyl (C=O) groups excluding carboxylic acids is 5. The minimum atomic E-state index is -0.562. The highest BCUT2D eigenvalue weighted by Crippen LogP contribution is 2.27. The lowest BCUT2D eigenvalue weighted by Crippen LogP contribution is -2.37. The molecule has 0 saturated carbocycles. The zero-order chi connectivity index (χ0) is 56.1. The number of methoxy groups -OCH3 is 1. The van der Waals surface area contributed by atoms with Crippen molar-refractivity contribution in [2.45, 2.75) is 119 Å². The number of halogens is 1. The fourth-order valence-electron chi connectivity index (χ4n) is 8.58. The molecule has 0 bridgehead atoms. The predicted octanol–water partition coefficient (Wildman–Crippen LogP) is 9.87. The Hall–Kier alpha value is -6.74. The number of guanidine groups is 1. The van der Waals surface area contributed by atoms with E-state index in [1.807, 2.05) is 61.1 Å². The number of urea groups is 2. The van der Waals surface area contributed by atoms with Crippen molar-refractivity contribution in [3.8, 4) is 5.75 Å². The highest BCUT2D eigenvalue weighted by molar-refractivity contribution is 8.14. The van der Waals surface area contributed by atoms with E-state index in [0.29, 0.717) is 65.0 Å². The maximum Gasteiger partial charge on any atom is 0.339 e. The van der Waals surface area contributed by atoms with Gasteiger partial charge in [-0.1, -0.05) is 100 Å². The number of amides is 6. The molecule has 6 rings (SSSR count). The van der Waals surface area contributed by atoms with Gasteiger partial charge >= 0.3 is 18.0 Å². The number of aromatic nitrogens is 2. The number of aryl methyl sites for hydroxylation is 2. The number of benzene rings is 3. The summed E-state index contributed by atoms with van der Waals surface area (Å²) < 4.78 is 14.8. The molecule has 0 unspecified atom stereocenters. The maximum absolute atomic E-state index is 12.7. The molecule has 3 heterocycles. The van der Waals surface area contributed by atoms with Crippen molar-refractivity contribution in [2.75, 3.05) is 83.5 Å². The quantitative estimate of drug-likeness (QED) is 0.0224. The molecule has 4 N–H and O–H groups in total. The van der Waals surface area contributed by atoms with Crippen LogP contribution in [0.1, 0.15) is 126 Å². The van der Waals surface area contributed by atoms with Crippen molar-refractivity contribution >= 4 is 87.2 Å². The highest BCUT2D eigenvalue weighted by Gasteiger charge is 2.25. The number of nitrogens with one attached hydrogen (secondary N) is 4. The molecule has 0 radical (unpaired) electrons. The van der Waals surface area contributed by atoms with Gasteiger partial charge in [0.1, 0.15) is 5.75 Å². The summed E-state index contributed by atoms with van der Waals surface area (Å²) in [5.74, 6) is 1.67. The number of unbranched alkanes of at least 4 members (excludes halogenated alkanes) is 9. The van der Waals surface area contributed by atoms with Gasteiger partial charge in [0, 0.05) is 77.8 Å². The van der Waals surface area contributed by atoms with Gasteiger partial charge in [0.05, 0.1) is 46.7 Å². The molecule has 3 aromatic carbocycles. The molecule has 0 atom stereocenters. The van der Waals surface area contributed by atoms with Gasteiger partial charge in [-0.25, -0.2) is 25.2 Å². The second-order valence-electron chi connectivity index (χ2n) is 18.2. The van der Waals surface area contributed by atoms with E-state index in [1.165, 1.54) is 63.0 Å². The number of likely N-dealkylation sites (N-methyl/N-ethyl adjacent to an activating group) is 2. The third-order valence-corrected chi connectivity index (χ3v) is 14.1. The van der Waals surface area contributed by atoms with E-state index in [0.717, 1.165) is 86.4 Å². The molecule has 77 heavy (non-hydrogen) atoms. The molecule has 2 aliphatic rings. The molecule has 2 aliphatic heterocycles. The molecule has 0 aliphatic carbocycles. The van der Waals surface area contributed by atoms with E-state index < -0.39 is 18.0 Å². The number of imidazole rings is 1. The van der Waals surface area contributed by atoms with Crippen LogP contribution < -0.4 is 31.8 Å². The van der Waals surface area contributed by atoms with Gasteiger partial charge in [0.25, 0.3) is 5.91 Å². The number of anilines is 2. The minimum Gasteiger partial charge on any atom is -0.495 e. The fourth-order valence-corrected chi connectivity index (χ4v) is 9.76. The molecule has 6 amide bonds. The number of hydrogen-bond donors (Lipinski definition) is 4. The second-order valence-corrected chi connectivity index (χ2v) is 19.6. The number of thioether (sulfide) groups is 1. The number of fused-ring (bicyclic) bond motifs is 1. The number of nitrogens with zero attached hydrogens (tertiary/aromatic N) is 9. The lowest BCUT2D eigenvalue weighted by atomic mass is 10.1. The third kappa shape index (κ3) is 19.3. The maximum atomic E-state index is 12.7. The number of ether oxygens (including phenoxy) is 2. The fraction of sp³-hybridized carbons (Fsp3) is 0.527. The van der Waals surface area contributed by atoms with Gasteiger partial charge in [-0.05, 0) is 89.6 Å². The van der Waals surface area contributed by atoms with Crippen LogP contribution in [0.2, 0.25) is 5.02 Å². The molecule has 20 nitrogen and oxygen atoms in total. The van der Waals surface area contributed by atoms with Gasteiger partial charge in [-0.15, -0.1) is 10.2 Å². The smallest absolute Gasteiger partial charge is 0.339 e. The topological polar surface area (TPSA) is 212 Å². The van der Waals surface area contributed by atoms with Crippen molar-refractivity contribution < 1.29 is 33.4 Å². The number of amidine groups is 1. The van der Waals surface area contributed by atoms with Gasteiger partial charge in [-0.2, -0.15) is 4.99 Å². The highest BCUT2D eigenvalue weighted by atomic mass is 35.5. The Kier molecular flexibility index (Phi) is 27.8. The first-order valence-corrected chi connectivity index (χ1v) is 28.3. The number of carbonyl (C=O) groups is 5. The Morgan fingerprint density at radius 2 is 1.22 bits per heavy atom. The van der Waals surface area contributed by atoms with Crippen LogP contribution in [0.4, 0.5) is 21.0 Å². The van der Waals surface area contributed by atoms with Crippen LogP contribution in [-0.4, -0.2) is 143 Å². The average molecular weight is 1100 g/mol. The van der Waals surface area contributed by atoms with Crippen molar-refractivity contribution in [1.29, 1.82) is 0 Å². The first-order chi connectivity index (χ1) is 37.3. The average Bonchev–Trinajstić information content (AvgIpc) is 4.16. The second kappa shape index (κ2) is 34.1. The summed E-state index contributed by atoms with van der Waals surface area (Å²) in [6.45, 7) is 19.6. The molecule has 2 fully saturated rings. The molecule has 1 aromatic heterocycles. The SMILES string of the molecule is CCCCCCCCCCCCOC(=O)c1ccc(Cl)c(NC(=O)NN=c2n(CC)c3ccccc3n2CC)c1.CCN1CCN(CC)C1=NNC(=O)Nc1cc(C(=O)N(C)C)ccc1OC.CCN1CCSC1=NC=O. The van der Waals surface area contributed by atoms with Gasteiger partial charge in [-0.3, -0.25) is 9.59 Å². The number of para-hydroxylation sites is 2. The van der Waals surface area contributed by atoms with E-state index in [2.05, 4.69) is 65.2 Å². The van der Waals surface area contributed by atoms with E-state index in [9.17, 15) is 24.0 Å². The number of esters is 1. The van der Waals surface area contributed by atoms with Crippen LogP contribution in [0, 0.1) is 0 Å². The molecular formula is C55H82ClN13O7S. The largest absolute Gasteiger partial charge is 0.495 e. The summed E-state index contributed by atoms with van der Waals surface area (Å²) in [6, 6.07) is 16.5. The van der Waals surface area contributed by atoms with E-state index in [-0.39, 0.29) is 5.91 Å². The molecule has 4 aromatic rings.